The van der Waals surface area contributed by atoms with Crippen molar-refractivity contribution in [2.75, 3.05) is 39.6 Å². The Hall–Kier alpha value is -4.94. The molecule has 0 aromatic heterocycles. The number of benzene rings is 2. The van der Waals surface area contributed by atoms with Crippen LogP contribution in [-0.4, -0.2) is 127 Å². The predicted molar refractivity (Wildman–Crippen MR) is 169 cm³/mol. The van der Waals surface area contributed by atoms with Crippen LogP contribution in [0, 0.1) is 0 Å². The molecular weight excluding hydrogens is 668 g/mol. The molecule has 17 nitrogen and oxygen atoms in total. The van der Waals surface area contributed by atoms with E-state index in [2.05, 4.69) is 0 Å². The van der Waals surface area contributed by atoms with Gasteiger partial charge in [0.15, 0.2) is 0 Å². The maximum absolute atomic E-state index is 13.8. The van der Waals surface area contributed by atoms with Gasteiger partial charge in [-0.25, -0.2) is 28.8 Å². The van der Waals surface area contributed by atoms with Crippen molar-refractivity contribution >= 4 is 35.8 Å². The van der Waals surface area contributed by atoms with Crippen LogP contribution in [0.5, 0.6) is 0 Å². The zero-order valence-electron chi connectivity index (χ0n) is 26.9. The Kier molecular flexibility index (Phi) is 15.9. The predicted octanol–water partition coefficient (Wildman–Crippen LogP) is 0.421. The molecule has 0 amide bonds. The molecule has 0 unspecified atom stereocenters. The smallest absolute Gasteiger partial charge is 0.339 e. The van der Waals surface area contributed by atoms with Crippen LogP contribution >= 0.6 is 0 Å². The van der Waals surface area contributed by atoms with Crippen molar-refractivity contribution in [2.45, 2.75) is 57.8 Å². The van der Waals surface area contributed by atoms with Gasteiger partial charge in [0.05, 0.1) is 40.0 Å². The number of carboxylic acid groups (broad SMARTS) is 5. The number of carbonyl (C=O) groups is 6. The van der Waals surface area contributed by atoms with Gasteiger partial charge < -0.3 is 55.8 Å². The summed E-state index contributed by atoms with van der Waals surface area (Å²) in [7, 11) is 0. The molecule has 0 heterocycles. The van der Waals surface area contributed by atoms with E-state index >= 15 is 0 Å². The third-order valence-electron chi connectivity index (χ3n) is 7.98. The number of aliphatic hydroxyl groups is 5. The maximum Gasteiger partial charge on any atom is 0.339 e. The number of hydrogen-bond donors (Lipinski definition) is 10. The first-order valence-electron chi connectivity index (χ1n) is 15.5. The molecule has 274 valence electrons. The second-order valence-electron chi connectivity index (χ2n) is 11.0. The SMILES string of the molecule is O=C(O)c1c(CCO)c(CCO)c(C(=O)O)c(C(=O)O)c1CCOC(=O)c1c(CCCO)c(CCCO)c(C(=O)O)c(CCCO)c1C(=O)O. The van der Waals surface area contributed by atoms with E-state index in [9.17, 15) is 79.8 Å². The van der Waals surface area contributed by atoms with E-state index in [0.29, 0.717) is 0 Å². The summed E-state index contributed by atoms with van der Waals surface area (Å²) in [6.07, 6.45) is -2.46. The van der Waals surface area contributed by atoms with E-state index in [4.69, 9.17) is 4.74 Å². The minimum absolute atomic E-state index is 0.00293. The Morgan fingerprint density at radius 1 is 0.360 bits per heavy atom. The van der Waals surface area contributed by atoms with E-state index in [-0.39, 0.29) is 66.3 Å². The number of aromatic carboxylic acids is 5. The minimum Gasteiger partial charge on any atom is -0.478 e. The van der Waals surface area contributed by atoms with Gasteiger partial charge in [-0.2, -0.15) is 0 Å². The molecule has 0 saturated heterocycles. The lowest BCUT2D eigenvalue weighted by atomic mass is 9.81. The monoisotopic (exact) mass is 708 g/mol. The summed E-state index contributed by atoms with van der Waals surface area (Å²) in [6, 6.07) is 0. The summed E-state index contributed by atoms with van der Waals surface area (Å²) in [5.74, 6) is -9.96. The number of rotatable bonds is 22. The highest BCUT2D eigenvalue weighted by molar-refractivity contribution is 6.09. The molecular formula is C33H40O17. The van der Waals surface area contributed by atoms with Crippen molar-refractivity contribution in [2.24, 2.45) is 0 Å². The highest BCUT2D eigenvalue weighted by atomic mass is 16.5. The number of esters is 1. The van der Waals surface area contributed by atoms with Gasteiger partial charge in [0.1, 0.15) is 0 Å². The first kappa shape index (κ1) is 41.2. The zero-order chi connectivity index (χ0) is 37.7. The zero-order valence-corrected chi connectivity index (χ0v) is 26.9. The lowest BCUT2D eigenvalue weighted by Crippen LogP contribution is -2.25. The van der Waals surface area contributed by atoms with Crippen LogP contribution in [0.4, 0.5) is 0 Å². The highest BCUT2D eigenvalue weighted by Crippen LogP contribution is 2.34. The molecule has 0 aliphatic heterocycles. The van der Waals surface area contributed by atoms with Crippen molar-refractivity contribution in [1.82, 2.24) is 0 Å². The first-order chi connectivity index (χ1) is 23.7. The third kappa shape index (κ3) is 9.19. The molecule has 2 aromatic rings. The molecule has 50 heavy (non-hydrogen) atoms. The van der Waals surface area contributed by atoms with Crippen LogP contribution in [0.15, 0.2) is 0 Å². The second kappa shape index (κ2) is 19.3. The quantitative estimate of drug-likeness (QED) is 0.0741. The van der Waals surface area contributed by atoms with Gasteiger partial charge in [-0.3, -0.25) is 0 Å². The van der Waals surface area contributed by atoms with Crippen LogP contribution in [0.3, 0.4) is 0 Å². The van der Waals surface area contributed by atoms with Crippen molar-refractivity contribution in [3.8, 4) is 0 Å². The van der Waals surface area contributed by atoms with Crippen LogP contribution in [0.1, 0.15) is 115 Å². The molecule has 0 atom stereocenters. The highest BCUT2D eigenvalue weighted by Gasteiger charge is 2.35. The van der Waals surface area contributed by atoms with Crippen LogP contribution < -0.4 is 0 Å². The Bertz CT molecular complexity index is 1630. The standard InChI is InChI=1S/C33H40O17/c34-10-1-4-16-17(5-2-11-35)27(26(32(47)48)20(6-3-12-36)22(16)28(39)40)33(49)50-15-9-21-23(29(41)42)18(7-13-37)19(8-14-38)24(30(43)44)25(21)31(45)46/h34-38H,1-15H2,(H,39,40)(H,41,42)(H,43,44)(H,45,46)(H,47,48). The molecule has 0 aliphatic rings. The van der Waals surface area contributed by atoms with Crippen LogP contribution in [0.2, 0.25) is 0 Å². The van der Waals surface area contributed by atoms with E-state index in [0.717, 1.165) is 0 Å². The van der Waals surface area contributed by atoms with Crippen LogP contribution in [0.25, 0.3) is 0 Å². The first-order valence-corrected chi connectivity index (χ1v) is 15.5. The Balaban J connectivity index is 2.90. The van der Waals surface area contributed by atoms with Crippen LogP contribution in [-0.2, 0) is 43.3 Å². The number of aliphatic hydroxyl groups excluding tert-OH is 5. The van der Waals surface area contributed by atoms with E-state index in [1.165, 1.54) is 0 Å². The topological polar surface area (TPSA) is 314 Å². The molecule has 0 bridgehead atoms. The van der Waals surface area contributed by atoms with Gasteiger partial charge in [-0.1, -0.05) is 0 Å². The average Bonchev–Trinajstić information content (AvgIpc) is 3.04. The number of ether oxygens (including phenoxy) is 1. The summed E-state index contributed by atoms with van der Waals surface area (Å²) >= 11 is 0. The normalized spacial score (nSPS) is 11.0. The van der Waals surface area contributed by atoms with Gasteiger partial charge in [0, 0.05) is 39.5 Å². The largest absolute Gasteiger partial charge is 0.478 e. The maximum atomic E-state index is 13.8. The Labute approximate surface area is 284 Å². The third-order valence-corrected chi connectivity index (χ3v) is 7.98. The number of carboxylic acids is 5. The molecule has 0 radical (unpaired) electrons. The van der Waals surface area contributed by atoms with Crippen molar-refractivity contribution in [3.05, 3.63) is 66.8 Å². The fourth-order valence-electron chi connectivity index (χ4n) is 6.18. The summed E-state index contributed by atoms with van der Waals surface area (Å²) < 4.78 is 5.38. The van der Waals surface area contributed by atoms with E-state index in [1.54, 1.807) is 0 Å². The Morgan fingerprint density at radius 3 is 1.04 bits per heavy atom. The molecule has 0 fully saturated rings. The van der Waals surface area contributed by atoms with Crippen molar-refractivity contribution in [1.29, 1.82) is 0 Å². The number of hydrogen-bond acceptors (Lipinski definition) is 12. The molecule has 10 N–H and O–H groups in total. The summed E-state index contributed by atoms with van der Waals surface area (Å²) in [4.78, 5) is 76.2. The van der Waals surface area contributed by atoms with Gasteiger partial charge in [0.2, 0.25) is 0 Å². The molecule has 0 spiro atoms. The lowest BCUT2D eigenvalue weighted by molar-refractivity contribution is 0.0493. The fourth-order valence-corrected chi connectivity index (χ4v) is 6.18. The minimum atomic E-state index is -1.85. The molecule has 2 rings (SSSR count). The second-order valence-corrected chi connectivity index (χ2v) is 11.0. The van der Waals surface area contributed by atoms with Crippen molar-refractivity contribution < 1.29 is 84.6 Å². The Morgan fingerprint density at radius 2 is 0.660 bits per heavy atom. The number of carbonyl (C=O) groups excluding carboxylic acids is 1. The molecule has 2 aromatic carbocycles. The lowest BCUT2D eigenvalue weighted by Gasteiger charge is -2.24. The van der Waals surface area contributed by atoms with Gasteiger partial charge in [0.25, 0.3) is 0 Å². The van der Waals surface area contributed by atoms with Gasteiger partial charge in [-0.05, 0) is 84.7 Å². The summed E-state index contributed by atoms with van der Waals surface area (Å²) in [5, 5.41) is 98.3. The molecule has 0 aliphatic carbocycles. The summed E-state index contributed by atoms with van der Waals surface area (Å²) in [5.41, 5.74) is -5.91. The fraction of sp³-hybridized carbons (Fsp3) is 0.455. The average molecular weight is 709 g/mol. The van der Waals surface area contributed by atoms with Gasteiger partial charge in [-0.15, -0.1) is 0 Å². The molecule has 0 saturated carbocycles. The van der Waals surface area contributed by atoms with E-state index in [1.807, 2.05) is 0 Å². The molecule has 17 heteroatoms. The summed E-state index contributed by atoms with van der Waals surface area (Å²) in [6.45, 7) is -3.54. The van der Waals surface area contributed by atoms with E-state index < -0.39 is 134 Å². The van der Waals surface area contributed by atoms with Gasteiger partial charge >= 0.3 is 35.8 Å². The van der Waals surface area contributed by atoms with Crippen molar-refractivity contribution in [3.63, 3.8) is 0 Å².